The predicted molar refractivity (Wildman–Crippen MR) is 37.3 cm³/mol. The third-order valence-electron chi connectivity index (χ3n) is 0.956. The summed E-state index contributed by atoms with van der Waals surface area (Å²) in [6.45, 7) is 3.97. The van der Waals surface area contributed by atoms with Crippen molar-refractivity contribution in [1.29, 1.82) is 0 Å². The van der Waals surface area contributed by atoms with Gasteiger partial charge in [-0.15, -0.1) is 5.10 Å². The number of aromatic nitrogens is 2. The first-order chi connectivity index (χ1) is 4.43. The highest BCUT2D eigenvalue weighted by Crippen LogP contribution is 1.99. The lowest BCUT2D eigenvalue weighted by molar-refractivity contribution is 0.734. The largest absolute Gasteiger partial charge is 0.312 e. The van der Waals surface area contributed by atoms with Gasteiger partial charge in [0.2, 0.25) is 0 Å². The number of nitrogens with zero attached hydrogens (tertiary/aromatic N) is 2. The van der Waals surface area contributed by atoms with Gasteiger partial charge in [0.15, 0.2) is 0 Å². The smallest absolute Gasteiger partial charge is 0.0666 e. The van der Waals surface area contributed by atoms with Crippen LogP contribution < -0.4 is 5.32 Å². The maximum Gasteiger partial charge on any atom is 0.0666 e. The van der Waals surface area contributed by atoms with E-state index in [1.807, 2.05) is 0 Å². The summed E-state index contributed by atoms with van der Waals surface area (Å²) < 4.78 is 3.73. The molecule has 0 atom stereocenters. The van der Waals surface area contributed by atoms with Crippen LogP contribution in [0.2, 0.25) is 0 Å². The summed E-state index contributed by atoms with van der Waals surface area (Å²) >= 11 is 1.44. The molecule has 0 aliphatic rings. The molecule has 9 heavy (non-hydrogen) atoms. The normalized spacial score (nSPS) is 9.89. The van der Waals surface area contributed by atoms with Crippen LogP contribution in [0.4, 0.5) is 0 Å². The summed E-state index contributed by atoms with van der Waals surface area (Å²) in [5.41, 5.74) is 0. The molecule has 0 amide bonds. The van der Waals surface area contributed by atoms with Gasteiger partial charge >= 0.3 is 0 Å². The van der Waals surface area contributed by atoms with Crippen LogP contribution in [-0.2, 0) is 6.54 Å². The first-order valence-corrected chi connectivity index (χ1v) is 3.67. The van der Waals surface area contributed by atoms with E-state index in [9.17, 15) is 0 Å². The van der Waals surface area contributed by atoms with E-state index in [0.29, 0.717) is 0 Å². The zero-order chi connectivity index (χ0) is 6.53. The summed E-state index contributed by atoms with van der Waals surface area (Å²) in [4.78, 5) is 1.19. The second kappa shape index (κ2) is 3.53. The Hall–Kier alpha value is -0.480. The van der Waals surface area contributed by atoms with Gasteiger partial charge in [0, 0.05) is 6.54 Å². The number of hydrogen-bond acceptors (Lipinski definition) is 4. The van der Waals surface area contributed by atoms with E-state index < -0.39 is 0 Å². The van der Waals surface area contributed by atoms with Crippen LogP contribution >= 0.6 is 11.5 Å². The maximum absolute atomic E-state index is 3.73. The second-order valence-electron chi connectivity index (χ2n) is 1.66. The minimum atomic E-state index is 0.897. The first-order valence-electron chi connectivity index (χ1n) is 2.90. The zero-order valence-electron chi connectivity index (χ0n) is 5.29. The number of hydrogen-bond donors (Lipinski definition) is 1. The molecule has 0 spiro atoms. The molecule has 0 radical (unpaired) electrons. The Morgan fingerprint density at radius 3 is 3.22 bits per heavy atom. The van der Waals surface area contributed by atoms with E-state index in [2.05, 4.69) is 21.8 Å². The Kier molecular flexibility index (Phi) is 2.60. The Morgan fingerprint density at radius 2 is 2.67 bits per heavy atom. The molecule has 0 saturated heterocycles. The van der Waals surface area contributed by atoms with Crippen LogP contribution in [0.15, 0.2) is 6.20 Å². The van der Waals surface area contributed by atoms with Crippen LogP contribution in [0.5, 0.6) is 0 Å². The molecular formula is C5H9N3S. The highest BCUT2D eigenvalue weighted by Gasteiger charge is 1.91. The van der Waals surface area contributed by atoms with Gasteiger partial charge in [-0.05, 0) is 18.1 Å². The summed E-state index contributed by atoms with van der Waals surface area (Å²) in [6.07, 6.45) is 1.79. The average Bonchev–Trinajstić information content (AvgIpc) is 2.34. The van der Waals surface area contributed by atoms with E-state index in [1.54, 1.807) is 6.20 Å². The molecule has 1 N–H and O–H groups in total. The van der Waals surface area contributed by atoms with E-state index in [1.165, 1.54) is 16.4 Å². The molecule has 0 aliphatic heterocycles. The third kappa shape index (κ3) is 2.07. The first kappa shape index (κ1) is 6.64. The summed E-state index contributed by atoms with van der Waals surface area (Å²) in [6, 6.07) is 0. The summed E-state index contributed by atoms with van der Waals surface area (Å²) in [7, 11) is 0. The quantitative estimate of drug-likeness (QED) is 0.675. The molecule has 50 valence electrons. The minimum Gasteiger partial charge on any atom is -0.312 e. The van der Waals surface area contributed by atoms with E-state index >= 15 is 0 Å². The fourth-order valence-electron chi connectivity index (χ4n) is 0.514. The van der Waals surface area contributed by atoms with Crippen LogP contribution in [0.3, 0.4) is 0 Å². The molecule has 0 aromatic carbocycles. The Bertz CT molecular complexity index is 149. The molecule has 1 rings (SSSR count). The fraction of sp³-hybridized carbons (Fsp3) is 0.600. The zero-order valence-corrected chi connectivity index (χ0v) is 6.11. The summed E-state index contributed by atoms with van der Waals surface area (Å²) in [5, 5.41) is 6.88. The Morgan fingerprint density at radius 1 is 1.78 bits per heavy atom. The maximum atomic E-state index is 3.73. The molecular weight excluding hydrogens is 134 g/mol. The van der Waals surface area contributed by atoms with Crippen molar-refractivity contribution >= 4 is 11.5 Å². The van der Waals surface area contributed by atoms with Crippen LogP contribution in [-0.4, -0.2) is 16.1 Å². The lowest BCUT2D eigenvalue weighted by atomic mass is 10.5. The molecule has 4 heteroatoms. The average molecular weight is 143 g/mol. The third-order valence-corrected chi connectivity index (χ3v) is 1.62. The molecule has 1 aromatic heterocycles. The standard InChI is InChI=1S/C5H9N3S/c1-2-6-3-5-4-7-8-9-5/h4,6H,2-3H2,1H3. The molecule has 1 aromatic rings. The summed E-state index contributed by atoms with van der Waals surface area (Å²) in [5.74, 6) is 0. The van der Waals surface area contributed by atoms with Crippen LogP contribution in [0.25, 0.3) is 0 Å². The van der Waals surface area contributed by atoms with Gasteiger partial charge in [0.1, 0.15) is 0 Å². The molecule has 0 bridgehead atoms. The molecule has 0 fully saturated rings. The monoisotopic (exact) mass is 143 g/mol. The molecule has 0 aliphatic carbocycles. The van der Waals surface area contributed by atoms with E-state index in [4.69, 9.17) is 0 Å². The van der Waals surface area contributed by atoms with Gasteiger partial charge < -0.3 is 5.32 Å². The molecule has 3 nitrogen and oxygen atoms in total. The lowest BCUT2D eigenvalue weighted by Crippen LogP contribution is -2.10. The number of rotatable bonds is 3. The van der Waals surface area contributed by atoms with Crippen molar-refractivity contribution in [2.45, 2.75) is 13.5 Å². The SMILES string of the molecule is CCNCc1cnns1. The van der Waals surface area contributed by atoms with Crippen molar-refractivity contribution in [3.05, 3.63) is 11.1 Å². The predicted octanol–water partition coefficient (Wildman–Crippen LogP) is 0.648. The van der Waals surface area contributed by atoms with Gasteiger partial charge in [-0.25, -0.2) is 0 Å². The topological polar surface area (TPSA) is 37.8 Å². The van der Waals surface area contributed by atoms with Crippen molar-refractivity contribution in [2.75, 3.05) is 6.54 Å². The highest BCUT2D eigenvalue weighted by atomic mass is 32.1. The van der Waals surface area contributed by atoms with Gasteiger partial charge in [-0.2, -0.15) is 0 Å². The Labute approximate surface area is 58.3 Å². The molecule has 0 saturated carbocycles. The van der Waals surface area contributed by atoms with Crippen molar-refractivity contribution < 1.29 is 0 Å². The van der Waals surface area contributed by atoms with Crippen LogP contribution in [0.1, 0.15) is 11.8 Å². The highest BCUT2D eigenvalue weighted by molar-refractivity contribution is 7.05. The van der Waals surface area contributed by atoms with Gasteiger partial charge in [0.25, 0.3) is 0 Å². The molecule has 0 unspecified atom stereocenters. The molecule has 1 heterocycles. The van der Waals surface area contributed by atoms with Gasteiger partial charge in [-0.3, -0.25) is 0 Å². The number of nitrogens with one attached hydrogen (secondary N) is 1. The van der Waals surface area contributed by atoms with Crippen LogP contribution in [0, 0.1) is 0 Å². The second-order valence-corrected chi connectivity index (χ2v) is 2.53. The lowest BCUT2D eigenvalue weighted by Gasteiger charge is -1.92. The van der Waals surface area contributed by atoms with Crippen molar-refractivity contribution in [1.82, 2.24) is 14.9 Å². The van der Waals surface area contributed by atoms with E-state index in [-0.39, 0.29) is 0 Å². The minimum absolute atomic E-state index is 0.897. The van der Waals surface area contributed by atoms with E-state index in [0.717, 1.165) is 13.1 Å². The van der Waals surface area contributed by atoms with Crippen molar-refractivity contribution in [2.24, 2.45) is 0 Å². The van der Waals surface area contributed by atoms with Gasteiger partial charge in [-0.1, -0.05) is 11.4 Å². The van der Waals surface area contributed by atoms with Crippen molar-refractivity contribution in [3.63, 3.8) is 0 Å². The fourth-order valence-corrected chi connectivity index (χ4v) is 0.974. The Balaban J connectivity index is 2.30. The van der Waals surface area contributed by atoms with Gasteiger partial charge in [0.05, 0.1) is 11.1 Å². The van der Waals surface area contributed by atoms with Crippen molar-refractivity contribution in [3.8, 4) is 0 Å².